The van der Waals surface area contributed by atoms with Crippen molar-refractivity contribution in [1.82, 2.24) is 21.9 Å². The van der Waals surface area contributed by atoms with Crippen LogP contribution in [0.2, 0.25) is 0 Å². The Morgan fingerprint density at radius 3 is 2.33 bits per heavy atom. The van der Waals surface area contributed by atoms with Crippen molar-refractivity contribution in [3.05, 3.63) is 35.4 Å². The van der Waals surface area contributed by atoms with Gasteiger partial charge in [0.25, 0.3) is 0 Å². The summed E-state index contributed by atoms with van der Waals surface area (Å²) in [5, 5.41) is 0. The molecule has 0 aromatic heterocycles. The molecule has 2 aliphatic rings. The lowest BCUT2D eigenvalue weighted by atomic mass is 9.65. The molecule has 0 bridgehead atoms. The zero-order valence-electron chi connectivity index (χ0n) is 10.9. The second kappa shape index (κ2) is 4.01. The number of nitrogens with two attached hydrogens (primary N) is 1. The van der Waals surface area contributed by atoms with Crippen molar-refractivity contribution >= 4 is 0 Å². The van der Waals surface area contributed by atoms with Crippen LogP contribution in [0.4, 0.5) is 0 Å². The molecule has 5 nitrogen and oxygen atoms in total. The van der Waals surface area contributed by atoms with E-state index in [9.17, 15) is 0 Å². The molecule has 1 heterocycles. The lowest BCUT2D eigenvalue weighted by molar-refractivity contribution is 0.221. The highest BCUT2D eigenvalue weighted by Crippen LogP contribution is 2.44. The highest BCUT2D eigenvalue weighted by Gasteiger charge is 2.45. The van der Waals surface area contributed by atoms with Crippen LogP contribution in [0.5, 0.6) is 0 Å². The molecule has 98 valence electrons. The van der Waals surface area contributed by atoms with Gasteiger partial charge in [-0.1, -0.05) is 38.1 Å². The smallest absolute Gasteiger partial charge is 0.108 e. The fourth-order valence-corrected chi connectivity index (χ4v) is 3.08. The van der Waals surface area contributed by atoms with Crippen molar-refractivity contribution < 1.29 is 0 Å². The molecule has 0 radical (unpaired) electrons. The van der Waals surface area contributed by atoms with Gasteiger partial charge in [-0.15, -0.1) is 0 Å². The van der Waals surface area contributed by atoms with E-state index in [-0.39, 0.29) is 11.6 Å². The van der Waals surface area contributed by atoms with E-state index in [0.717, 1.165) is 12.8 Å². The fourth-order valence-electron chi connectivity index (χ4n) is 3.08. The van der Waals surface area contributed by atoms with E-state index in [1.54, 1.807) is 0 Å². The summed E-state index contributed by atoms with van der Waals surface area (Å²) in [4.78, 5) is 0. The quantitative estimate of drug-likeness (QED) is 0.495. The van der Waals surface area contributed by atoms with Crippen molar-refractivity contribution in [2.45, 2.75) is 43.8 Å². The van der Waals surface area contributed by atoms with Crippen molar-refractivity contribution in [3.8, 4) is 0 Å². The van der Waals surface area contributed by atoms with Crippen LogP contribution in [0.3, 0.4) is 0 Å². The average Bonchev–Trinajstić information content (AvgIpc) is 2.89. The molecule has 1 atom stereocenters. The summed E-state index contributed by atoms with van der Waals surface area (Å²) in [6.45, 7) is 4.58. The summed E-state index contributed by atoms with van der Waals surface area (Å²) >= 11 is 0. The Kier molecular flexibility index (Phi) is 2.69. The summed E-state index contributed by atoms with van der Waals surface area (Å²) in [5.74, 6) is 0. The predicted molar refractivity (Wildman–Crippen MR) is 70.9 cm³/mol. The van der Waals surface area contributed by atoms with Crippen LogP contribution < -0.4 is 27.7 Å². The third kappa shape index (κ3) is 1.67. The van der Waals surface area contributed by atoms with Gasteiger partial charge >= 0.3 is 0 Å². The maximum absolute atomic E-state index is 6.69. The van der Waals surface area contributed by atoms with Gasteiger partial charge in [0.2, 0.25) is 0 Å². The molecule has 1 aliphatic heterocycles. The van der Waals surface area contributed by atoms with Gasteiger partial charge in [-0.05, 0) is 29.4 Å². The number of nitrogens with one attached hydrogen (secondary N) is 4. The maximum atomic E-state index is 6.69. The van der Waals surface area contributed by atoms with Crippen molar-refractivity contribution in [2.75, 3.05) is 0 Å². The zero-order valence-corrected chi connectivity index (χ0v) is 10.9. The highest BCUT2D eigenvalue weighted by atomic mass is 15.8. The molecule has 0 spiro atoms. The van der Waals surface area contributed by atoms with E-state index < -0.39 is 5.54 Å². The molecule has 5 heteroatoms. The molecule has 0 amide bonds. The third-order valence-corrected chi connectivity index (χ3v) is 4.33. The van der Waals surface area contributed by atoms with Crippen LogP contribution >= 0.6 is 0 Å². The van der Waals surface area contributed by atoms with Gasteiger partial charge in [-0.2, -0.15) is 11.1 Å². The summed E-state index contributed by atoms with van der Waals surface area (Å²) in [6.07, 6.45) is 2.01. The standard InChI is InChI=1S/C13H21N5/c1-12(2)7-8-13(14,11-15-17-18-16-11)10-6-4-3-5-9(10)12/h3-6,11,15-18H,7-8,14H2,1-2H3. The number of hydrogen-bond acceptors (Lipinski definition) is 5. The second-order valence-electron chi connectivity index (χ2n) is 5.94. The minimum absolute atomic E-state index is 0.0188. The first-order valence-electron chi connectivity index (χ1n) is 6.44. The molecule has 18 heavy (non-hydrogen) atoms. The lowest BCUT2D eigenvalue weighted by Crippen LogP contribution is -2.60. The van der Waals surface area contributed by atoms with Crippen LogP contribution in [0.1, 0.15) is 37.8 Å². The van der Waals surface area contributed by atoms with E-state index >= 15 is 0 Å². The Balaban J connectivity index is 2.08. The van der Waals surface area contributed by atoms with E-state index in [0.29, 0.717) is 0 Å². The van der Waals surface area contributed by atoms with E-state index in [2.05, 4.69) is 60.0 Å². The highest BCUT2D eigenvalue weighted by molar-refractivity contribution is 5.42. The number of benzene rings is 1. The van der Waals surface area contributed by atoms with Crippen molar-refractivity contribution in [1.29, 1.82) is 0 Å². The molecule has 1 unspecified atom stereocenters. The second-order valence-corrected chi connectivity index (χ2v) is 5.94. The SMILES string of the molecule is CC1(C)CCC(N)(C2NNNN2)c2ccccc21. The van der Waals surface area contributed by atoms with Gasteiger partial charge in [-0.3, -0.25) is 0 Å². The van der Waals surface area contributed by atoms with Crippen LogP contribution in [0.15, 0.2) is 24.3 Å². The number of fused-ring (bicyclic) bond motifs is 1. The Morgan fingerprint density at radius 2 is 1.67 bits per heavy atom. The number of hydrogen-bond donors (Lipinski definition) is 5. The van der Waals surface area contributed by atoms with E-state index in [4.69, 9.17) is 5.73 Å². The Morgan fingerprint density at radius 1 is 1.06 bits per heavy atom. The first-order valence-corrected chi connectivity index (χ1v) is 6.44. The summed E-state index contributed by atoms with van der Waals surface area (Å²) in [5.41, 5.74) is 21.1. The number of hydrazine groups is 3. The molecular formula is C13H21N5. The summed E-state index contributed by atoms with van der Waals surface area (Å²) in [6, 6.07) is 8.51. The van der Waals surface area contributed by atoms with E-state index in [1.165, 1.54) is 11.1 Å². The molecule has 1 fully saturated rings. The summed E-state index contributed by atoms with van der Waals surface area (Å²) in [7, 11) is 0. The monoisotopic (exact) mass is 247 g/mol. The third-order valence-electron chi connectivity index (χ3n) is 4.33. The van der Waals surface area contributed by atoms with Crippen molar-refractivity contribution in [2.24, 2.45) is 5.73 Å². The Hall–Kier alpha value is -0.980. The first-order chi connectivity index (χ1) is 8.54. The van der Waals surface area contributed by atoms with E-state index in [1.807, 2.05) is 0 Å². The van der Waals surface area contributed by atoms with Gasteiger partial charge in [0.05, 0.1) is 5.54 Å². The normalized spacial score (nSPS) is 31.3. The molecule has 1 aromatic rings. The topological polar surface area (TPSA) is 74.1 Å². The van der Waals surface area contributed by atoms with Crippen molar-refractivity contribution in [3.63, 3.8) is 0 Å². The fraction of sp³-hybridized carbons (Fsp3) is 0.538. The predicted octanol–water partition coefficient (Wildman–Crippen LogP) is 0.355. The van der Waals surface area contributed by atoms with Gasteiger partial charge in [-0.25, -0.2) is 10.9 Å². The van der Waals surface area contributed by atoms with Gasteiger partial charge in [0, 0.05) is 0 Å². The first kappa shape index (κ1) is 12.1. The molecule has 1 aliphatic carbocycles. The average molecular weight is 247 g/mol. The molecule has 1 aromatic carbocycles. The zero-order chi connectivity index (χ0) is 12.8. The van der Waals surface area contributed by atoms with Crippen LogP contribution in [0, 0.1) is 0 Å². The Labute approximate surface area is 107 Å². The molecular weight excluding hydrogens is 226 g/mol. The summed E-state index contributed by atoms with van der Waals surface area (Å²) < 4.78 is 0. The van der Waals surface area contributed by atoms with Gasteiger partial charge in [0.1, 0.15) is 6.17 Å². The van der Waals surface area contributed by atoms with Crippen LogP contribution in [0.25, 0.3) is 0 Å². The molecule has 6 N–H and O–H groups in total. The number of rotatable bonds is 1. The molecule has 0 saturated carbocycles. The molecule has 3 rings (SSSR count). The van der Waals surface area contributed by atoms with Crippen LogP contribution in [-0.2, 0) is 11.0 Å². The maximum Gasteiger partial charge on any atom is 0.108 e. The lowest BCUT2D eigenvalue weighted by Gasteiger charge is -2.45. The molecule has 1 saturated heterocycles. The van der Waals surface area contributed by atoms with Gasteiger partial charge in [0.15, 0.2) is 0 Å². The minimum Gasteiger partial charge on any atom is -0.319 e. The minimum atomic E-state index is -0.400. The van der Waals surface area contributed by atoms with Crippen LogP contribution in [-0.4, -0.2) is 6.17 Å². The van der Waals surface area contributed by atoms with Gasteiger partial charge < -0.3 is 5.73 Å². The largest absolute Gasteiger partial charge is 0.319 e. The Bertz CT molecular complexity index is 452.